The van der Waals surface area contributed by atoms with Gasteiger partial charge in [0.1, 0.15) is 12.6 Å². The van der Waals surface area contributed by atoms with Gasteiger partial charge in [-0.15, -0.1) is 0 Å². The molecule has 0 unspecified atom stereocenters. The van der Waals surface area contributed by atoms with E-state index in [0.717, 1.165) is 27.0 Å². The zero-order valence-electron chi connectivity index (χ0n) is 21.4. The van der Waals surface area contributed by atoms with Crippen molar-refractivity contribution >= 4 is 43.5 Å². The Morgan fingerprint density at radius 1 is 1.03 bits per heavy atom. The molecule has 0 aliphatic carbocycles. The van der Waals surface area contributed by atoms with Crippen molar-refractivity contribution in [1.29, 1.82) is 0 Å². The molecule has 0 aliphatic rings. The number of nitrogens with zero attached hydrogens (tertiary/aromatic N) is 2. The minimum absolute atomic E-state index is 0.0659. The Labute approximate surface area is 221 Å². The van der Waals surface area contributed by atoms with E-state index < -0.39 is 28.5 Å². The molecule has 0 heterocycles. The lowest BCUT2D eigenvalue weighted by molar-refractivity contribution is -0.139. The SMILES string of the molecule is CC[C@H](C)NC(=O)[C@@H](C)N(Cc1ccc(Br)cc1)C(=O)CN(c1ccc(OC)c(OC)c1)S(C)(=O)=O. The maximum atomic E-state index is 13.6. The molecule has 0 bridgehead atoms. The van der Waals surface area contributed by atoms with Gasteiger partial charge in [-0.2, -0.15) is 0 Å². The summed E-state index contributed by atoms with van der Waals surface area (Å²) in [5, 5.41) is 2.90. The molecule has 9 nitrogen and oxygen atoms in total. The molecule has 2 amide bonds. The zero-order valence-corrected chi connectivity index (χ0v) is 23.9. The van der Waals surface area contributed by atoms with E-state index in [4.69, 9.17) is 9.47 Å². The summed E-state index contributed by atoms with van der Waals surface area (Å²) in [5.74, 6) is -0.0888. The Hall–Kier alpha value is -2.79. The van der Waals surface area contributed by atoms with Gasteiger partial charge in [0.2, 0.25) is 21.8 Å². The topological polar surface area (TPSA) is 105 Å². The standard InChI is InChI=1S/C25H34BrN3O6S/c1-7-17(2)27-25(31)18(3)28(15-19-8-10-20(26)11-9-19)24(30)16-29(36(6,32)33)21-12-13-22(34-4)23(14-21)35-5/h8-14,17-18H,7,15-16H2,1-6H3,(H,27,31)/t17-,18+/m0/s1. The maximum absolute atomic E-state index is 13.6. The van der Waals surface area contributed by atoms with E-state index in [1.807, 2.05) is 38.1 Å². The van der Waals surface area contributed by atoms with Gasteiger partial charge in [0.15, 0.2) is 11.5 Å². The number of methoxy groups -OCH3 is 2. The number of benzene rings is 2. The van der Waals surface area contributed by atoms with Crippen LogP contribution in [0.15, 0.2) is 46.9 Å². The van der Waals surface area contributed by atoms with E-state index in [-0.39, 0.29) is 24.2 Å². The predicted octanol–water partition coefficient (Wildman–Crippen LogP) is 3.56. The molecule has 1 N–H and O–H groups in total. The van der Waals surface area contributed by atoms with Gasteiger partial charge in [-0.1, -0.05) is 35.0 Å². The Morgan fingerprint density at radius 3 is 2.17 bits per heavy atom. The minimum Gasteiger partial charge on any atom is -0.493 e. The number of anilines is 1. The van der Waals surface area contributed by atoms with Crippen LogP contribution in [0, 0.1) is 0 Å². The summed E-state index contributed by atoms with van der Waals surface area (Å²) < 4.78 is 37.9. The zero-order chi connectivity index (χ0) is 27.0. The number of rotatable bonds is 12. The van der Waals surface area contributed by atoms with E-state index >= 15 is 0 Å². The highest BCUT2D eigenvalue weighted by atomic mass is 79.9. The highest BCUT2D eigenvalue weighted by molar-refractivity contribution is 9.10. The Bertz CT molecular complexity index is 1160. The Balaban J connectivity index is 2.43. The highest BCUT2D eigenvalue weighted by Gasteiger charge is 2.30. The molecule has 0 fully saturated rings. The van der Waals surface area contributed by atoms with Crippen LogP contribution in [0.1, 0.15) is 32.8 Å². The second kappa shape index (κ2) is 13.0. The van der Waals surface area contributed by atoms with Crippen LogP contribution >= 0.6 is 15.9 Å². The number of hydrogen-bond acceptors (Lipinski definition) is 6. The monoisotopic (exact) mass is 583 g/mol. The van der Waals surface area contributed by atoms with Crippen molar-refractivity contribution in [2.24, 2.45) is 0 Å². The van der Waals surface area contributed by atoms with Crippen molar-refractivity contribution in [2.45, 2.75) is 45.8 Å². The van der Waals surface area contributed by atoms with Gasteiger partial charge in [-0.3, -0.25) is 13.9 Å². The Kier molecular flexibility index (Phi) is 10.6. The summed E-state index contributed by atoms with van der Waals surface area (Å²) in [6, 6.07) is 11.1. The molecule has 2 rings (SSSR count). The molecule has 0 saturated carbocycles. The molecule has 11 heteroatoms. The van der Waals surface area contributed by atoms with Crippen LogP contribution in [-0.4, -0.2) is 64.2 Å². The maximum Gasteiger partial charge on any atom is 0.244 e. The largest absolute Gasteiger partial charge is 0.493 e. The van der Waals surface area contributed by atoms with Crippen LogP contribution < -0.4 is 19.1 Å². The van der Waals surface area contributed by atoms with Gasteiger partial charge in [-0.05, 0) is 50.1 Å². The third-order valence-electron chi connectivity index (χ3n) is 5.77. The molecule has 0 aliphatic heterocycles. The van der Waals surface area contributed by atoms with Crippen LogP contribution in [0.5, 0.6) is 11.5 Å². The quantitative estimate of drug-likeness (QED) is 0.409. The van der Waals surface area contributed by atoms with E-state index in [2.05, 4.69) is 21.2 Å². The second-order valence-corrected chi connectivity index (χ2v) is 11.3. The van der Waals surface area contributed by atoms with Gasteiger partial charge in [-0.25, -0.2) is 8.42 Å². The fourth-order valence-electron chi connectivity index (χ4n) is 3.43. The lowest BCUT2D eigenvalue weighted by atomic mass is 10.1. The molecule has 2 atom stereocenters. The van der Waals surface area contributed by atoms with Gasteiger partial charge < -0.3 is 19.7 Å². The van der Waals surface area contributed by atoms with Crippen molar-refractivity contribution in [3.63, 3.8) is 0 Å². The van der Waals surface area contributed by atoms with Crippen LogP contribution in [0.25, 0.3) is 0 Å². The average Bonchev–Trinajstić information content (AvgIpc) is 2.85. The first-order valence-corrected chi connectivity index (χ1v) is 14.1. The molecule has 2 aromatic rings. The first-order valence-electron chi connectivity index (χ1n) is 11.4. The van der Waals surface area contributed by atoms with E-state index in [1.54, 1.807) is 13.0 Å². The van der Waals surface area contributed by atoms with Crippen molar-refractivity contribution in [2.75, 3.05) is 31.3 Å². The third-order valence-corrected chi connectivity index (χ3v) is 7.44. The van der Waals surface area contributed by atoms with Crippen LogP contribution in [0.4, 0.5) is 5.69 Å². The minimum atomic E-state index is -3.86. The normalized spacial score (nSPS) is 12.9. The summed E-state index contributed by atoms with van der Waals surface area (Å²) >= 11 is 3.39. The smallest absolute Gasteiger partial charge is 0.244 e. The number of hydrogen-bond donors (Lipinski definition) is 1. The molecule has 0 spiro atoms. The average molecular weight is 585 g/mol. The Morgan fingerprint density at radius 2 is 1.64 bits per heavy atom. The number of amides is 2. The summed E-state index contributed by atoms with van der Waals surface area (Å²) in [5.41, 5.74) is 1.04. The van der Waals surface area contributed by atoms with E-state index in [9.17, 15) is 18.0 Å². The van der Waals surface area contributed by atoms with Gasteiger partial charge in [0.05, 0.1) is 26.2 Å². The van der Waals surface area contributed by atoms with Crippen LogP contribution in [-0.2, 0) is 26.2 Å². The van der Waals surface area contributed by atoms with Gasteiger partial charge in [0.25, 0.3) is 0 Å². The summed E-state index contributed by atoms with van der Waals surface area (Å²) in [6.07, 6.45) is 1.76. The molecule has 36 heavy (non-hydrogen) atoms. The first-order chi connectivity index (χ1) is 16.9. The van der Waals surface area contributed by atoms with Crippen LogP contribution in [0.2, 0.25) is 0 Å². The highest BCUT2D eigenvalue weighted by Crippen LogP contribution is 2.32. The first kappa shape index (κ1) is 29.4. The van der Waals surface area contributed by atoms with Gasteiger partial charge >= 0.3 is 0 Å². The van der Waals surface area contributed by atoms with Crippen molar-refractivity contribution in [3.8, 4) is 11.5 Å². The number of nitrogens with one attached hydrogen (secondary N) is 1. The number of halogens is 1. The van der Waals surface area contributed by atoms with Crippen LogP contribution in [0.3, 0.4) is 0 Å². The van der Waals surface area contributed by atoms with E-state index in [1.165, 1.54) is 31.3 Å². The molecular formula is C25H34BrN3O6S. The predicted molar refractivity (Wildman–Crippen MR) is 144 cm³/mol. The second-order valence-electron chi connectivity index (χ2n) is 8.45. The van der Waals surface area contributed by atoms with Gasteiger partial charge in [0, 0.05) is 23.1 Å². The van der Waals surface area contributed by atoms with Crippen molar-refractivity contribution in [3.05, 3.63) is 52.5 Å². The summed E-state index contributed by atoms with van der Waals surface area (Å²) in [7, 11) is -0.943. The fraction of sp³-hybridized carbons (Fsp3) is 0.440. The van der Waals surface area contributed by atoms with Crippen molar-refractivity contribution < 1.29 is 27.5 Å². The fourth-order valence-corrected chi connectivity index (χ4v) is 4.53. The molecule has 198 valence electrons. The molecule has 2 aromatic carbocycles. The lowest BCUT2D eigenvalue weighted by Gasteiger charge is -2.32. The number of carbonyl (C=O) groups excluding carboxylic acids is 2. The molecule has 0 saturated heterocycles. The summed E-state index contributed by atoms with van der Waals surface area (Å²) in [6.45, 7) is 5.10. The lowest BCUT2D eigenvalue weighted by Crippen LogP contribution is -2.52. The number of carbonyl (C=O) groups is 2. The molecule has 0 radical (unpaired) electrons. The third kappa shape index (κ3) is 7.86. The van der Waals surface area contributed by atoms with E-state index in [0.29, 0.717) is 11.5 Å². The number of ether oxygens (including phenoxy) is 2. The number of sulfonamides is 1. The molecule has 0 aromatic heterocycles. The van der Waals surface area contributed by atoms with Crippen molar-refractivity contribution in [1.82, 2.24) is 10.2 Å². The summed E-state index contributed by atoms with van der Waals surface area (Å²) in [4.78, 5) is 27.9. The molecular weight excluding hydrogens is 550 g/mol.